The fraction of sp³-hybridized carbons (Fsp3) is 0.650. The zero-order valence-corrected chi connectivity index (χ0v) is 16.5. The predicted molar refractivity (Wildman–Crippen MR) is 107 cm³/mol. The van der Waals surface area contributed by atoms with E-state index in [0.29, 0.717) is 31.3 Å². The SMILES string of the molecule is O=C(Nc1cc(Cl)ccc1N1CCCCC1)N1CCOC2(CCCOC2)C1. The van der Waals surface area contributed by atoms with E-state index in [4.69, 9.17) is 21.1 Å². The van der Waals surface area contributed by atoms with Gasteiger partial charge in [-0.2, -0.15) is 0 Å². The van der Waals surface area contributed by atoms with Gasteiger partial charge in [0.05, 0.1) is 31.1 Å². The van der Waals surface area contributed by atoms with E-state index in [1.54, 1.807) is 0 Å². The summed E-state index contributed by atoms with van der Waals surface area (Å²) in [7, 11) is 0. The monoisotopic (exact) mass is 393 g/mol. The van der Waals surface area contributed by atoms with E-state index in [-0.39, 0.29) is 11.6 Å². The normalized spacial score (nSPS) is 26.3. The number of carbonyl (C=O) groups excluding carboxylic acids is 1. The molecule has 3 aliphatic rings. The lowest BCUT2D eigenvalue weighted by molar-refractivity contribution is -0.159. The molecule has 0 saturated carbocycles. The van der Waals surface area contributed by atoms with Gasteiger partial charge in [0, 0.05) is 31.3 Å². The van der Waals surface area contributed by atoms with Crippen LogP contribution in [0.4, 0.5) is 16.2 Å². The number of piperidine rings is 1. The van der Waals surface area contributed by atoms with E-state index in [1.165, 1.54) is 19.3 Å². The van der Waals surface area contributed by atoms with E-state index >= 15 is 0 Å². The van der Waals surface area contributed by atoms with Crippen LogP contribution in [0.15, 0.2) is 18.2 Å². The molecule has 3 saturated heterocycles. The summed E-state index contributed by atoms with van der Waals surface area (Å²) in [5.74, 6) is 0. The highest BCUT2D eigenvalue weighted by Crippen LogP contribution is 2.32. The van der Waals surface area contributed by atoms with Gasteiger partial charge in [-0.1, -0.05) is 11.6 Å². The molecule has 1 aromatic rings. The highest BCUT2D eigenvalue weighted by Gasteiger charge is 2.40. The van der Waals surface area contributed by atoms with Crippen molar-refractivity contribution in [3.05, 3.63) is 23.2 Å². The van der Waals surface area contributed by atoms with Crippen LogP contribution in [-0.4, -0.2) is 62.5 Å². The van der Waals surface area contributed by atoms with Gasteiger partial charge in [-0.15, -0.1) is 0 Å². The Hall–Kier alpha value is -1.50. The summed E-state index contributed by atoms with van der Waals surface area (Å²) >= 11 is 6.22. The van der Waals surface area contributed by atoms with Gasteiger partial charge in [-0.25, -0.2) is 4.79 Å². The van der Waals surface area contributed by atoms with Crippen LogP contribution in [0.25, 0.3) is 0 Å². The molecular weight excluding hydrogens is 366 g/mol. The third-order valence-corrected chi connectivity index (χ3v) is 5.95. The second-order valence-corrected chi connectivity index (χ2v) is 8.18. The largest absolute Gasteiger partial charge is 0.378 e. The molecule has 148 valence electrons. The zero-order chi connectivity index (χ0) is 18.7. The summed E-state index contributed by atoms with van der Waals surface area (Å²) in [5, 5.41) is 3.73. The van der Waals surface area contributed by atoms with Crippen LogP contribution in [-0.2, 0) is 9.47 Å². The Labute approximate surface area is 165 Å². The van der Waals surface area contributed by atoms with Gasteiger partial charge in [-0.05, 0) is 50.3 Å². The number of halogens is 1. The maximum Gasteiger partial charge on any atom is 0.322 e. The van der Waals surface area contributed by atoms with Crippen molar-refractivity contribution in [1.29, 1.82) is 0 Å². The first-order valence-electron chi connectivity index (χ1n) is 9.97. The van der Waals surface area contributed by atoms with Crippen LogP contribution in [0.3, 0.4) is 0 Å². The molecule has 0 aliphatic carbocycles. The average molecular weight is 394 g/mol. The highest BCUT2D eigenvalue weighted by atomic mass is 35.5. The number of hydrogen-bond acceptors (Lipinski definition) is 4. The summed E-state index contributed by atoms with van der Waals surface area (Å²) < 4.78 is 11.6. The minimum Gasteiger partial charge on any atom is -0.378 e. The van der Waals surface area contributed by atoms with E-state index < -0.39 is 0 Å². The topological polar surface area (TPSA) is 54.0 Å². The Morgan fingerprint density at radius 1 is 1.11 bits per heavy atom. The first-order chi connectivity index (χ1) is 13.2. The van der Waals surface area contributed by atoms with Crippen molar-refractivity contribution in [3.63, 3.8) is 0 Å². The fourth-order valence-electron chi connectivity index (χ4n) is 4.30. The number of benzene rings is 1. The van der Waals surface area contributed by atoms with E-state index in [0.717, 1.165) is 43.9 Å². The van der Waals surface area contributed by atoms with Gasteiger partial charge in [0.15, 0.2) is 0 Å². The molecule has 1 spiro atoms. The fourth-order valence-corrected chi connectivity index (χ4v) is 4.47. The smallest absolute Gasteiger partial charge is 0.322 e. The molecule has 0 bridgehead atoms. The molecule has 4 rings (SSSR count). The lowest BCUT2D eigenvalue weighted by Crippen LogP contribution is -2.58. The number of hydrogen-bond donors (Lipinski definition) is 1. The van der Waals surface area contributed by atoms with Crippen LogP contribution in [0.1, 0.15) is 32.1 Å². The maximum atomic E-state index is 13.0. The molecular formula is C20H28ClN3O3. The molecule has 6 nitrogen and oxygen atoms in total. The predicted octanol–water partition coefficient (Wildman–Crippen LogP) is 3.74. The Morgan fingerprint density at radius 2 is 1.96 bits per heavy atom. The molecule has 7 heteroatoms. The van der Waals surface area contributed by atoms with Gasteiger partial charge in [-0.3, -0.25) is 0 Å². The van der Waals surface area contributed by atoms with Crippen molar-refractivity contribution >= 4 is 29.0 Å². The number of morpholine rings is 1. The van der Waals surface area contributed by atoms with Crippen molar-refractivity contribution in [2.24, 2.45) is 0 Å². The minimum absolute atomic E-state index is 0.0937. The van der Waals surface area contributed by atoms with Crippen molar-refractivity contribution in [1.82, 2.24) is 4.90 Å². The molecule has 27 heavy (non-hydrogen) atoms. The number of urea groups is 1. The Balaban J connectivity index is 1.48. The lowest BCUT2D eigenvalue weighted by atomic mass is 9.94. The summed E-state index contributed by atoms with van der Waals surface area (Å²) in [4.78, 5) is 17.2. The molecule has 3 fully saturated rings. The lowest BCUT2D eigenvalue weighted by Gasteiger charge is -2.44. The molecule has 1 unspecified atom stereocenters. The first kappa shape index (κ1) is 18.8. The Kier molecular flexibility index (Phi) is 5.76. The van der Waals surface area contributed by atoms with Gasteiger partial charge in [0.25, 0.3) is 0 Å². The van der Waals surface area contributed by atoms with Crippen molar-refractivity contribution < 1.29 is 14.3 Å². The summed E-state index contributed by atoms with van der Waals surface area (Å²) in [6.07, 6.45) is 5.55. The van der Waals surface area contributed by atoms with E-state index in [2.05, 4.69) is 10.2 Å². The number of anilines is 2. The number of amides is 2. The molecule has 0 radical (unpaired) electrons. The molecule has 1 aromatic carbocycles. The van der Waals surface area contributed by atoms with Crippen LogP contribution in [0.5, 0.6) is 0 Å². The van der Waals surface area contributed by atoms with Crippen molar-refractivity contribution in [3.8, 4) is 0 Å². The summed E-state index contributed by atoms with van der Waals surface area (Å²) in [6, 6.07) is 5.66. The van der Waals surface area contributed by atoms with E-state index in [9.17, 15) is 4.79 Å². The second kappa shape index (κ2) is 8.25. The van der Waals surface area contributed by atoms with Gasteiger partial charge in [0.2, 0.25) is 0 Å². The van der Waals surface area contributed by atoms with Gasteiger partial charge in [0.1, 0.15) is 5.60 Å². The number of nitrogens with one attached hydrogen (secondary N) is 1. The number of ether oxygens (including phenoxy) is 2. The zero-order valence-electron chi connectivity index (χ0n) is 15.7. The quantitative estimate of drug-likeness (QED) is 0.831. The van der Waals surface area contributed by atoms with Gasteiger partial charge < -0.3 is 24.6 Å². The average Bonchev–Trinajstić information content (AvgIpc) is 2.69. The summed E-state index contributed by atoms with van der Waals surface area (Å²) in [5.41, 5.74) is 1.49. The first-order valence-corrected chi connectivity index (χ1v) is 10.4. The molecule has 1 atom stereocenters. The number of nitrogens with zero attached hydrogens (tertiary/aromatic N) is 2. The highest BCUT2D eigenvalue weighted by molar-refractivity contribution is 6.31. The maximum absolute atomic E-state index is 13.0. The van der Waals surface area contributed by atoms with E-state index in [1.807, 2.05) is 23.1 Å². The Morgan fingerprint density at radius 3 is 2.74 bits per heavy atom. The molecule has 2 amide bonds. The van der Waals surface area contributed by atoms with Crippen LogP contribution < -0.4 is 10.2 Å². The Bertz CT molecular complexity index is 667. The second-order valence-electron chi connectivity index (χ2n) is 7.75. The number of rotatable bonds is 2. The molecule has 3 heterocycles. The third kappa shape index (κ3) is 4.33. The molecule has 1 N–H and O–H groups in total. The summed E-state index contributed by atoms with van der Waals surface area (Å²) in [6.45, 7) is 5.08. The number of carbonyl (C=O) groups is 1. The van der Waals surface area contributed by atoms with Crippen LogP contribution >= 0.6 is 11.6 Å². The van der Waals surface area contributed by atoms with Crippen molar-refractivity contribution in [2.45, 2.75) is 37.7 Å². The molecule has 3 aliphatic heterocycles. The van der Waals surface area contributed by atoms with Crippen LogP contribution in [0.2, 0.25) is 5.02 Å². The standard InChI is InChI=1S/C20H28ClN3O3/c21-16-5-6-18(23-8-2-1-3-9-23)17(13-16)22-19(25)24-10-12-27-20(14-24)7-4-11-26-15-20/h5-6,13H,1-4,7-12,14-15H2,(H,22,25). The molecule has 0 aromatic heterocycles. The van der Waals surface area contributed by atoms with Crippen molar-refractivity contribution in [2.75, 3.05) is 56.2 Å². The minimum atomic E-state index is -0.349. The third-order valence-electron chi connectivity index (χ3n) is 5.72. The van der Waals surface area contributed by atoms with Gasteiger partial charge >= 0.3 is 6.03 Å². The van der Waals surface area contributed by atoms with Crippen LogP contribution in [0, 0.1) is 0 Å².